The van der Waals surface area contributed by atoms with Crippen molar-refractivity contribution in [2.24, 2.45) is 0 Å². The van der Waals surface area contributed by atoms with Crippen molar-refractivity contribution in [3.05, 3.63) is 36.3 Å². The molecule has 0 bridgehead atoms. The van der Waals surface area contributed by atoms with Crippen LogP contribution in [0, 0.1) is 11.3 Å². The second kappa shape index (κ2) is 6.36. The number of tetrazole rings is 1. The lowest BCUT2D eigenvalue weighted by Gasteiger charge is -2.08. The maximum absolute atomic E-state index is 12.0. The van der Waals surface area contributed by atoms with Crippen molar-refractivity contribution in [2.75, 3.05) is 5.32 Å². The molecular weight excluding hydrogens is 304 g/mol. The molecule has 0 saturated heterocycles. The highest BCUT2D eigenvalue weighted by molar-refractivity contribution is 7.92. The molecule has 1 heterocycles. The van der Waals surface area contributed by atoms with Crippen LogP contribution in [0.2, 0.25) is 0 Å². The van der Waals surface area contributed by atoms with E-state index in [2.05, 4.69) is 25.9 Å². The van der Waals surface area contributed by atoms with Crippen LogP contribution in [0.25, 0.3) is 5.57 Å². The Morgan fingerprint density at radius 1 is 1.36 bits per heavy atom. The molecule has 0 fully saturated rings. The van der Waals surface area contributed by atoms with Crippen LogP contribution in [0.5, 0.6) is 0 Å². The zero-order valence-electron chi connectivity index (χ0n) is 12.0. The molecule has 0 aliphatic heterocycles. The smallest absolute Gasteiger partial charge is 0.216 e. The van der Waals surface area contributed by atoms with Gasteiger partial charge in [-0.2, -0.15) is 10.5 Å². The highest BCUT2D eigenvalue weighted by Crippen LogP contribution is 2.19. The lowest BCUT2D eigenvalue weighted by molar-refractivity contribution is 0.587. The van der Waals surface area contributed by atoms with Crippen molar-refractivity contribution in [3.8, 4) is 6.07 Å². The van der Waals surface area contributed by atoms with Crippen LogP contribution in [0.3, 0.4) is 0 Å². The first-order valence-corrected chi connectivity index (χ1v) is 7.94. The van der Waals surface area contributed by atoms with Crippen LogP contribution >= 0.6 is 0 Å². The van der Waals surface area contributed by atoms with Gasteiger partial charge in [0.2, 0.25) is 5.82 Å². The third-order valence-electron chi connectivity index (χ3n) is 2.89. The Kier molecular flexibility index (Phi) is 4.53. The summed E-state index contributed by atoms with van der Waals surface area (Å²) in [6.07, 6.45) is 1.43. The molecule has 22 heavy (non-hydrogen) atoms. The number of H-pyrrole nitrogens is 1. The number of hydrogen-bond acceptors (Lipinski definition) is 7. The summed E-state index contributed by atoms with van der Waals surface area (Å²) in [5.74, 6) is 0.175. The zero-order valence-corrected chi connectivity index (χ0v) is 12.8. The van der Waals surface area contributed by atoms with Crippen molar-refractivity contribution < 1.29 is 8.42 Å². The average molecular weight is 318 g/mol. The molecule has 0 radical (unpaired) electrons. The number of nitrogens with one attached hydrogen (secondary N) is 2. The number of hydrogen-bond donors (Lipinski definition) is 2. The summed E-state index contributed by atoms with van der Waals surface area (Å²) in [5, 5.41) is 24.5. The fourth-order valence-electron chi connectivity index (χ4n) is 1.59. The summed E-state index contributed by atoms with van der Waals surface area (Å²) in [7, 11) is -3.29. The molecular formula is C13H14N6O2S. The van der Waals surface area contributed by atoms with Crippen molar-refractivity contribution in [1.29, 1.82) is 5.26 Å². The predicted octanol–water partition coefficient (Wildman–Crippen LogP) is 1.36. The van der Waals surface area contributed by atoms with Gasteiger partial charge in [0.05, 0.1) is 10.1 Å². The summed E-state index contributed by atoms with van der Waals surface area (Å²) in [6, 6.07) is 8.23. The van der Waals surface area contributed by atoms with Gasteiger partial charge in [-0.15, -0.1) is 10.2 Å². The Bertz CT molecular complexity index is 801. The topological polar surface area (TPSA) is 124 Å². The minimum Gasteiger partial charge on any atom is -0.360 e. The van der Waals surface area contributed by atoms with Crippen LogP contribution in [0.4, 0.5) is 5.69 Å². The maximum Gasteiger partial charge on any atom is 0.216 e. The molecule has 0 saturated carbocycles. The number of rotatable bonds is 5. The molecule has 2 aromatic rings. The van der Waals surface area contributed by atoms with Crippen LogP contribution < -0.4 is 5.32 Å². The van der Waals surface area contributed by atoms with E-state index in [9.17, 15) is 8.42 Å². The van der Waals surface area contributed by atoms with Gasteiger partial charge in [0.25, 0.3) is 0 Å². The minimum absolute atomic E-state index is 0.175. The number of sulfone groups is 1. The molecule has 1 aromatic carbocycles. The van der Waals surface area contributed by atoms with Gasteiger partial charge in [-0.05, 0) is 43.3 Å². The van der Waals surface area contributed by atoms with Crippen molar-refractivity contribution >= 4 is 21.1 Å². The largest absolute Gasteiger partial charge is 0.360 e. The fourth-order valence-corrected chi connectivity index (χ4v) is 2.65. The van der Waals surface area contributed by atoms with E-state index in [1.54, 1.807) is 26.0 Å². The van der Waals surface area contributed by atoms with Crippen LogP contribution in [-0.2, 0) is 9.84 Å². The molecule has 9 heteroatoms. The average Bonchev–Trinajstić information content (AvgIpc) is 3.02. The van der Waals surface area contributed by atoms with Crippen molar-refractivity contribution in [1.82, 2.24) is 20.6 Å². The summed E-state index contributed by atoms with van der Waals surface area (Å²) in [5.41, 5.74) is 0.839. The van der Waals surface area contributed by atoms with E-state index in [4.69, 9.17) is 5.26 Å². The Hall–Kier alpha value is -2.73. The fraction of sp³-hybridized carbons (Fsp3) is 0.231. The minimum atomic E-state index is -3.29. The Morgan fingerprint density at radius 2 is 2.05 bits per heavy atom. The maximum atomic E-state index is 12.0. The molecule has 0 spiro atoms. The highest BCUT2D eigenvalue weighted by Gasteiger charge is 2.18. The summed E-state index contributed by atoms with van der Waals surface area (Å²) < 4.78 is 24.0. The van der Waals surface area contributed by atoms with Gasteiger partial charge in [-0.1, -0.05) is 0 Å². The monoisotopic (exact) mass is 318 g/mol. The first-order valence-electron chi connectivity index (χ1n) is 6.39. The first-order chi connectivity index (χ1) is 10.4. The van der Waals surface area contributed by atoms with Crippen LogP contribution in [0.1, 0.15) is 19.7 Å². The van der Waals surface area contributed by atoms with Crippen LogP contribution in [0.15, 0.2) is 35.4 Å². The standard InChI is InChI=1S/C13H14N6O2S/c1-9(2)22(20,21)12-5-3-11(4-6-12)15-8-10(7-14)13-16-18-19-17-13/h3-6,8-9,15H,1-2H3,(H,16,17,18,19). The number of aromatic amines is 1. The molecule has 114 valence electrons. The van der Waals surface area contributed by atoms with Gasteiger partial charge in [-0.3, -0.25) is 0 Å². The van der Waals surface area contributed by atoms with Crippen molar-refractivity contribution in [3.63, 3.8) is 0 Å². The number of allylic oxidation sites excluding steroid dienone is 1. The lowest BCUT2D eigenvalue weighted by Crippen LogP contribution is -2.13. The number of anilines is 1. The molecule has 1 aromatic heterocycles. The van der Waals surface area contributed by atoms with E-state index in [1.165, 1.54) is 18.3 Å². The molecule has 0 aliphatic carbocycles. The number of benzene rings is 1. The summed E-state index contributed by atoms with van der Waals surface area (Å²) >= 11 is 0. The molecule has 0 atom stereocenters. The molecule has 8 nitrogen and oxygen atoms in total. The third kappa shape index (κ3) is 3.29. The first kappa shape index (κ1) is 15.7. The van der Waals surface area contributed by atoms with E-state index < -0.39 is 15.1 Å². The van der Waals surface area contributed by atoms with Crippen LogP contribution in [-0.4, -0.2) is 34.3 Å². The highest BCUT2D eigenvalue weighted by atomic mass is 32.2. The molecule has 2 N–H and O–H groups in total. The molecule has 0 unspecified atom stereocenters. The summed E-state index contributed by atoms with van der Waals surface area (Å²) in [6.45, 7) is 3.27. The van der Waals surface area contributed by atoms with Gasteiger partial charge < -0.3 is 5.32 Å². The van der Waals surface area contributed by atoms with Gasteiger partial charge in [0, 0.05) is 11.9 Å². The molecule has 0 aliphatic rings. The van der Waals surface area contributed by atoms with Gasteiger partial charge >= 0.3 is 0 Å². The lowest BCUT2D eigenvalue weighted by atomic mass is 10.3. The van der Waals surface area contributed by atoms with Crippen molar-refractivity contribution in [2.45, 2.75) is 24.0 Å². The van der Waals surface area contributed by atoms with E-state index in [-0.39, 0.29) is 16.3 Å². The Balaban J connectivity index is 2.17. The number of nitriles is 1. The van der Waals surface area contributed by atoms with Gasteiger partial charge in [-0.25, -0.2) is 8.42 Å². The van der Waals surface area contributed by atoms with E-state index in [0.717, 1.165) is 0 Å². The van der Waals surface area contributed by atoms with E-state index in [0.29, 0.717) is 5.69 Å². The van der Waals surface area contributed by atoms with E-state index >= 15 is 0 Å². The zero-order chi connectivity index (χ0) is 16.2. The van der Waals surface area contributed by atoms with Gasteiger partial charge in [0.1, 0.15) is 11.6 Å². The number of nitrogens with zero attached hydrogens (tertiary/aromatic N) is 4. The normalized spacial score (nSPS) is 12.2. The second-order valence-electron chi connectivity index (χ2n) is 4.67. The molecule has 2 rings (SSSR count). The second-order valence-corrected chi connectivity index (χ2v) is 7.17. The quantitative estimate of drug-likeness (QED) is 0.797. The Morgan fingerprint density at radius 3 is 2.55 bits per heavy atom. The SMILES string of the molecule is CC(C)S(=O)(=O)c1ccc(NC=C(C#N)c2nn[nH]n2)cc1. The number of aromatic nitrogens is 4. The predicted molar refractivity (Wildman–Crippen MR) is 80.2 cm³/mol. The third-order valence-corrected chi connectivity index (χ3v) is 5.06. The molecule has 0 amide bonds. The van der Waals surface area contributed by atoms with E-state index in [1.807, 2.05) is 6.07 Å². The van der Waals surface area contributed by atoms with Gasteiger partial charge in [0.15, 0.2) is 9.84 Å². The summed E-state index contributed by atoms with van der Waals surface area (Å²) in [4.78, 5) is 0.260. The Labute approximate surface area is 127 Å².